The summed E-state index contributed by atoms with van der Waals surface area (Å²) in [5, 5.41) is 3.48. The van der Waals surface area contributed by atoms with Crippen LogP contribution < -0.4 is 10.1 Å². The average Bonchev–Trinajstić information content (AvgIpc) is 2.70. The summed E-state index contributed by atoms with van der Waals surface area (Å²) < 4.78 is 5.59. The summed E-state index contributed by atoms with van der Waals surface area (Å²) in [7, 11) is 0. The van der Waals surface area contributed by atoms with E-state index in [0.717, 1.165) is 18.4 Å². The first-order valence-corrected chi connectivity index (χ1v) is 9.88. The van der Waals surface area contributed by atoms with E-state index >= 15 is 0 Å². The first kappa shape index (κ1) is 21.8. The number of unbranched alkanes of at least 4 members (excludes halogenated alkanes) is 1. The minimum atomic E-state index is -0.622. The van der Waals surface area contributed by atoms with Gasteiger partial charge in [-0.15, -0.1) is 0 Å². The van der Waals surface area contributed by atoms with E-state index in [-0.39, 0.29) is 25.0 Å². The molecule has 2 aromatic rings. The van der Waals surface area contributed by atoms with Gasteiger partial charge in [0.15, 0.2) is 6.61 Å². The van der Waals surface area contributed by atoms with Crippen LogP contribution in [0.3, 0.4) is 0 Å². The van der Waals surface area contributed by atoms with Gasteiger partial charge in [0, 0.05) is 18.1 Å². The van der Waals surface area contributed by atoms with Crippen LogP contribution in [-0.2, 0) is 16.1 Å². The first-order chi connectivity index (χ1) is 13.5. The Kier molecular flexibility index (Phi) is 8.82. The molecular weight excluding hydrogens is 376 g/mol. The van der Waals surface area contributed by atoms with Gasteiger partial charge >= 0.3 is 0 Å². The minimum absolute atomic E-state index is 0.142. The third-order valence-electron chi connectivity index (χ3n) is 4.34. The summed E-state index contributed by atoms with van der Waals surface area (Å²) in [5.74, 6) is 0.170. The van der Waals surface area contributed by atoms with Crippen molar-refractivity contribution >= 4 is 23.4 Å². The molecule has 5 nitrogen and oxygen atoms in total. The average molecular weight is 403 g/mol. The third-order valence-corrected chi connectivity index (χ3v) is 4.58. The van der Waals surface area contributed by atoms with E-state index < -0.39 is 6.04 Å². The fourth-order valence-electron chi connectivity index (χ4n) is 2.70. The smallest absolute Gasteiger partial charge is 0.261 e. The van der Waals surface area contributed by atoms with Crippen LogP contribution in [0.2, 0.25) is 5.02 Å². The fraction of sp³-hybridized carbons (Fsp3) is 0.364. The van der Waals surface area contributed by atoms with Gasteiger partial charge in [-0.05, 0) is 43.2 Å². The van der Waals surface area contributed by atoms with Crippen molar-refractivity contribution in [3.05, 3.63) is 65.2 Å². The zero-order valence-electron chi connectivity index (χ0n) is 16.4. The highest BCUT2D eigenvalue weighted by Gasteiger charge is 2.26. The minimum Gasteiger partial charge on any atom is -0.484 e. The lowest BCUT2D eigenvalue weighted by atomic mass is 10.1. The molecule has 0 aromatic heterocycles. The van der Waals surface area contributed by atoms with Crippen molar-refractivity contribution in [2.24, 2.45) is 0 Å². The van der Waals surface area contributed by atoms with E-state index in [4.69, 9.17) is 16.3 Å². The molecule has 0 aliphatic heterocycles. The topological polar surface area (TPSA) is 58.6 Å². The molecule has 0 saturated heterocycles. The standard InChI is InChI=1S/C22H27ClN2O3/c1-3-4-13-24-22(27)17(2)25(15-18-9-8-10-19(23)14-18)21(26)16-28-20-11-6-5-7-12-20/h5-12,14,17H,3-4,13,15-16H2,1-2H3,(H,24,27)/t17-/m0/s1. The SMILES string of the molecule is CCCCNC(=O)[C@H](C)N(Cc1cccc(Cl)c1)C(=O)COc1ccccc1. The second-order valence-corrected chi connectivity index (χ2v) is 7.01. The van der Waals surface area contributed by atoms with Gasteiger partial charge in [0.05, 0.1) is 0 Å². The lowest BCUT2D eigenvalue weighted by Gasteiger charge is -2.28. The number of nitrogens with one attached hydrogen (secondary N) is 1. The van der Waals surface area contributed by atoms with Crippen LogP contribution in [0.1, 0.15) is 32.3 Å². The normalized spacial score (nSPS) is 11.5. The van der Waals surface area contributed by atoms with E-state index in [2.05, 4.69) is 12.2 Å². The Bertz CT molecular complexity index is 767. The van der Waals surface area contributed by atoms with Crippen molar-refractivity contribution in [1.82, 2.24) is 10.2 Å². The zero-order chi connectivity index (χ0) is 20.4. The van der Waals surface area contributed by atoms with Crippen molar-refractivity contribution in [3.63, 3.8) is 0 Å². The molecule has 2 rings (SSSR count). The number of amides is 2. The van der Waals surface area contributed by atoms with Crippen LogP contribution in [0.5, 0.6) is 5.75 Å². The van der Waals surface area contributed by atoms with Crippen molar-refractivity contribution in [3.8, 4) is 5.75 Å². The number of ether oxygens (including phenoxy) is 1. The molecule has 0 aliphatic rings. The molecule has 0 spiro atoms. The number of para-hydroxylation sites is 1. The second-order valence-electron chi connectivity index (χ2n) is 6.57. The second kappa shape index (κ2) is 11.3. The molecular formula is C22H27ClN2O3. The van der Waals surface area contributed by atoms with Gasteiger partial charge in [-0.1, -0.05) is 55.3 Å². The Morgan fingerprint density at radius 1 is 1.14 bits per heavy atom. The molecule has 0 saturated carbocycles. The molecule has 1 atom stereocenters. The van der Waals surface area contributed by atoms with E-state index in [1.807, 2.05) is 30.3 Å². The van der Waals surface area contributed by atoms with Crippen LogP contribution in [0.15, 0.2) is 54.6 Å². The van der Waals surface area contributed by atoms with Gasteiger partial charge in [-0.2, -0.15) is 0 Å². The predicted molar refractivity (Wildman–Crippen MR) is 111 cm³/mol. The van der Waals surface area contributed by atoms with Gasteiger partial charge in [-0.3, -0.25) is 9.59 Å². The van der Waals surface area contributed by atoms with E-state index in [9.17, 15) is 9.59 Å². The number of carbonyl (C=O) groups excluding carboxylic acids is 2. The summed E-state index contributed by atoms with van der Waals surface area (Å²) in [4.78, 5) is 26.9. The van der Waals surface area contributed by atoms with Gasteiger partial charge in [0.1, 0.15) is 11.8 Å². The fourth-order valence-corrected chi connectivity index (χ4v) is 2.91. The Morgan fingerprint density at radius 3 is 2.57 bits per heavy atom. The van der Waals surface area contributed by atoms with Crippen LogP contribution in [0, 0.1) is 0 Å². The number of nitrogens with zero attached hydrogens (tertiary/aromatic N) is 1. The maximum atomic E-state index is 12.9. The Hall–Kier alpha value is -2.53. The molecule has 0 radical (unpaired) electrons. The molecule has 1 N–H and O–H groups in total. The highest BCUT2D eigenvalue weighted by molar-refractivity contribution is 6.30. The molecule has 2 aromatic carbocycles. The summed E-state index contributed by atoms with van der Waals surface area (Å²) in [6.45, 7) is 4.52. The number of hydrogen-bond acceptors (Lipinski definition) is 3. The van der Waals surface area contributed by atoms with Crippen molar-refractivity contribution < 1.29 is 14.3 Å². The van der Waals surface area contributed by atoms with Crippen molar-refractivity contribution in [2.75, 3.05) is 13.2 Å². The maximum absolute atomic E-state index is 12.9. The quantitative estimate of drug-likeness (QED) is 0.610. The zero-order valence-corrected chi connectivity index (χ0v) is 17.1. The number of halogens is 1. The summed E-state index contributed by atoms with van der Waals surface area (Å²) in [6, 6.07) is 15.8. The molecule has 0 fully saturated rings. The summed E-state index contributed by atoms with van der Waals surface area (Å²) in [6.07, 6.45) is 1.89. The molecule has 28 heavy (non-hydrogen) atoms. The van der Waals surface area contributed by atoms with Gasteiger partial charge in [-0.25, -0.2) is 0 Å². The Labute approximate surface area is 171 Å². The number of rotatable bonds is 10. The molecule has 150 valence electrons. The van der Waals surface area contributed by atoms with Crippen LogP contribution >= 0.6 is 11.6 Å². The third kappa shape index (κ3) is 6.89. The maximum Gasteiger partial charge on any atom is 0.261 e. The van der Waals surface area contributed by atoms with Crippen molar-refractivity contribution in [1.29, 1.82) is 0 Å². The number of benzene rings is 2. The molecule has 0 bridgehead atoms. The largest absolute Gasteiger partial charge is 0.484 e. The summed E-state index contributed by atoms with van der Waals surface area (Å²) >= 11 is 6.07. The highest BCUT2D eigenvalue weighted by atomic mass is 35.5. The van der Waals surface area contributed by atoms with Crippen LogP contribution in [0.25, 0.3) is 0 Å². The van der Waals surface area contributed by atoms with E-state index in [1.54, 1.807) is 31.2 Å². The van der Waals surface area contributed by atoms with Crippen molar-refractivity contribution in [2.45, 2.75) is 39.3 Å². The number of carbonyl (C=O) groups is 2. The van der Waals surface area contributed by atoms with Gasteiger partial charge in [0.2, 0.25) is 5.91 Å². The van der Waals surface area contributed by atoms with Crippen LogP contribution in [0.4, 0.5) is 0 Å². The molecule has 0 unspecified atom stereocenters. The highest BCUT2D eigenvalue weighted by Crippen LogP contribution is 2.15. The molecule has 0 aliphatic carbocycles. The first-order valence-electron chi connectivity index (χ1n) is 9.50. The monoisotopic (exact) mass is 402 g/mol. The lowest BCUT2D eigenvalue weighted by molar-refractivity contribution is -0.142. The van der Waals surface area contributed by atoms with E-state index in [1.165, 1.54) is 4.90 Å². The molecule has 2 amide bonds. The van der Waals surface area contributed by atoms with Gasteiger partial charge < -0.3 is 15.0 Å². The lowest BCUT2D eigenvalue weighted by Crippen LogP contribution is -2.49. The number of hydrogen-bond donors (Lipinski definition) is 1. The Morgan fingerprint density at radius 2 is 1.89 bits per heavy atom. The summed E-state index contributed by atoms with van der Waals surface area (Å²) in [5.41, 5.74) is 0.855. The molecule has 0 heterocycles. The van der Waals surface area contributed by atoms with Crippen LogP contribution in [-0.4, -0.2) is 35.9 Å². The predicted octanol–water partition coefficient (Wildman–Crippen LogP) is 4.05. The molecule has 6 heteroatoms. The Balaban J connectivity index is 2.09. The van der Waals surface area contributed by atoms with E-state index in [0.29, 0.717) is 17.3 Å². The van der Waals surface area contributed by atoms with Gasteiger partial charge in [0.25, 0.3) is 5.91 Å².